The van der Waals surface area contributed by atoms with Crippen LogP contribution in [-0.4, -0.2) is 51.4 Å². The molecular formula is C36H39Cl2N3O5S. The molecule has 0 aliphatic carbocycles. The van der Waals surface area contributed by atoms with Crippen molar-refractivity contribution >= 4 is 50.7 Å². The number of hydrogen-bond acceptors (Lipinski definition) is 5. The summed E-state index contributed by atoms with van der Waals surface area (Å²) in [6.07, 6.45) is 0.192. The zero-order valence-electron chi connectivity index (χ0n) is 26.8. The number of carbonyl (C=O) groups is 2. The summed E-state index contributed by atoms with van der Waals surface area (Å²) in [5, 5.41) is 3.71. The SMILES string of the molecule is COc1ccc(S(=O)(=O)N(CC(=O)N(Cc2ccc(Cl)cc2Cl)C(Cc2ccccc2)C(=O)NCC(C)C)c2ccc(C)cc2)cc1. The van der Waals surface area contributed by atoms with Gasteiger partial charge < -0.3 is 15.0 Å². The molecule has 4 rings (SSSR count). The highest BCUT2D eigenvalue weighted by Crippen LogP contribution is 2.28. The number of benzene rings is 4. The van der Waals surface area contributed by atoms with E-state index in [0.29, 0.717) is 33.6 Å². The van der Waals surface area contributed by atoms with Crippen LogP contribution in [0.5, 0.6) is 5.75 Å². The summed E-state index contributed by atoms with van der Waals surface area (Å²) < 4.78 is 34.7. The molecule has 248 valence electrons. The summed E-state index contributed by atoms with van der Waals surface area (Å²) in [7, 11) is -2.76. The summed E-state index contributed by atoms with van der Waals surface area (Å²) in [6.45, 7) is 5.60. The summed E-state index contributed by atoms with van der Waals surface area (Å²) in [5.74, 6) is -0.294. The van der Waals surface area contributed by atoms with Crippen molar-refractivity contribution in [3.05, 3.63) is 124 Å². The van der Waals surface area contributed by atoms with Crippen molar-refractivity contribution in [2.24, 2.45) is 5.92 Å². The van der Waals surface area contributed by atoms with Crippen LogP contribution in [0.25, 0.3) is 0 Å². The van der Waals surface area contributed by atoms with Crippen molar-refractivity contribution in [2.75, 3.05) is 24.5 Å². The number of amides is 2. The molecule has 2 amide bonds. The Morgan fingerprint density at radius 2 is 1.55 bits per heavy atom. The van der Waals surface area contributed by atoms with E-state index in [-0.39, 0.29) is 29.7 Å². The highest BCUT2D eigenvalue weighted by Gasteiger charge is 2.35. The van der Waals surface area contributed by atoms with Gasteiger partial charge in [-0.25, -0.2) is 8.42 Å². The van der Waals surface area contributed by atoms with Gasteiger partial charge in [0.25, 0.3) is 10.0 Å². The van der Waals surface area contributed by atoms with Crippen LogP contribution in [0, 0.1) is 12.8 Å². The highest BCUT2D eigenvalue weighted by atomic mass is 35.5. The average molecular weight is 697 g/mol. The summed E-state index contributed by atoms with van der Waals surface area (Å²) in [5.41, 5.74) is 2.61. The van der Waals surface area contributed by atoms with Gasteiger partial charge in [-0.2, -0.15) is 0 Å². The van der Waals surface area contributed by atoms with Crippen molar-refractivity contribution in [2.45, 2.75) is 44.7 Å². The van der Waals surface area contributed by atoms with Crippen LogP contribution in [0.15, 0.2) is 102 Å². The molecule has 0 spiro atoms. The Balaban J connectivity index is 1.81. The molecule has 4 aromatic rings. The average Bonchev–Trinajstić information content (AvgIpc) is 3.05. The quantitative estimate of drug-likeness (QED) is 0.155. The van der Waals surface area contributed by atoms with E-state index in [4.69, 9.17) is 27.9 Å². The third-order valence-electron chi connectivity index (χ3n) is 7.56. The monoisotopic (exact) mass is 695 g/mol. The third kappa shape index (κ3) is 9.50. The Morgan fingerprint density at radius 3 is 2.15 bits per heavy atom. The summed E-state index contributed by atoms with van der Waals surface area (Å²) >= 11 is 12.8. The fraction of sp³-hybridized carbons (Fsp3) is 0.278. The van der Waals surface area contributed by atoms with E-state index in [0.717, 1.165) is 15.4 Å². The second-order valence-corrected chi connectivity index (χ2v) is 14.3. The minimum atomic E-state index is -4.25. The van der Waals surface area contributed by atoms with E-state index in [9.17, 15) is 18.0 Å². The van der Waals surface area contributed by atoms with Crippen LogP contribution < -0.4 is 14.4 Å². The lowest BCUT2D eigenvalue weighted by Crippen LogP contribution is -2.53. The molecule has 0 fully saturated rings. The normalized spacial score (nSPS) is 12.0. The molecule has 1 N–H and O–H groups in total. The van der Waals surface area contributed by atoms with Gasteiger partial charge in [0, 0.05) is 29.6 Å². The standard InChI is InChI=1S/C36H39Cl2N3O5S/c1-25(2)22-39-36(43)34(20-27-8-6-5-7-9-27)40(23-28-12-13-29(37)21-33(28)38)35(42)24-41(30-14-10-26(3)11-15-30)47(44,45)32-18-16-31(46-4)17-19-32/h5-19,21,25,34H,20,22-24H2,1-4H3,(H,39,43). The molecule has 1 unspecified atom stereocenters. The van der Waals surface area contributed by atoms with Gasteiger partial charge in [-0.3, -0.25) is 13.9 Å². The number of carbonyl (C=O) groups excluding carboxylic acids is 2. The maximum absolute atomic E-state index is 14.6. The van der Waals surface area contributed by atoms with Gasteiger partial charge in [0.1, 0.15) is 18.3 Å². The molecule has 47 heavy (non-hydrogen) atoms. The molecule has 0 saturated carbocycles. The second-order valence-electron chi connectivity index (χ2n) is 11.6. The molecule has 0 radical (unpaired) electrons. The van der Waals surface area contributed by atoms with E-state index < -0.39 is 28.5 Å². The lowest BCUT2D eigenvalue weighted by Gasteiger charge is -2.34. The number of nitrogens with zero attached hydrogens (tertiary/aromatic N) is 2. The molecule has 0 aromatic heterocycles. The van der Waals surface area contributed by atoms with Crippen molar-refractivity contribution in [1.29, 1.82) is 0 Å². The molecule has 0 heterocycles. The Hall–Kier alpha value is -4.05. The van der Waals surface area contributed by atoms with Gasteiger partial charge in [-0.1, -0.05) is 91.1 Å². The minimum absolute atomic E-state index is 0.0190. The predicted molar refractivity (Wildman–Crippen MR) is 187 cm³/mol. The van der Waals surface area contributed by atoms with E-state index in [2.05, 4.69) is 5.32 Å². The Kier molecular flexibility index (Phi) is 12.3. The maximum Gasteiger partial charge on any atom is 0.264 e. The number of hydrogen-bond donors (Lipinski definition) is 1. The summed E-state index contributed by atoms with van der Waals surface area (Å²) in [6, 6.07) is 26.1. The smallest absolute Gasteiger partial charge is 0.264 e. The largest absolute Gasteiger partial charge is 0.497 e. The number of ether oxygens (including phenoxy) is 1. The van der Waals surface area contributed by atoms with Gasteiger partial charge in [0.05, 0.1) is 17.7 Å². The zero-order chi connectivity index (χ0) is 34.1. The highest BCUT2D eigenvalue weighted by molar-refractivity contribution is 7.92. The Morgan fingerprint density at radius 1 is 0.894 bits per heavy atom. The van der Waals surface area contributed by atoms with Gasteiger partial charge >= 0.3 is 0 Å². The Labute approximate surface area is 287 Å². The van der Waals surface area contributed by atoms with Crippen molar-refractivity contribution < 1.29 is 22.7 Å². The fourth-order valence-corrected chi connectivity index (χ4v) is 6.81. The lowest BCUT2D eigenvalue weighted by atomic mass is 10.0. The molecular weight excluding hydrogens is 657 g/mol. The number of halogens is 2. The van der Waals surface area contributed by atoms with Crippen molar-refractivity contribution in [3.63, 3.8) is 0 Å². The first-order valence-corrected chi connectivity index (χ1v) is 17.4. The van der Waals surface area contributed by atoms with Crippen LogP contribution in [0.1, 0.15) is 30.5 Å². The molecule has 0 saturated heterocycles. The van der Waals surface area contributed by atoms with E-state index in [1.807, 2.05) is 51.1 Å². The molecule has 0 aliphatic rings. The molecule has 8 nitrogen and oxygen atoms in total. The first kappa shape index (κ1) is 35.8. The number of nitrogens with one attached hydrogen (secondary N) is 1. The van der Waals surface area contributed by atoms with Crippen LogP contribution in [0.2, 0.25) is 10.0 Å². The topological polar surface area (TPSA) is 96.0 Å². The van der Waals surface area contributed by atoms with E-state index >= 15 is 0 Å². The van der Waals surface area contributed by atoms with Crippen LogP contribution >= 0.6 is 23.2 Å². The molecule has 4 aromatic carbocycles. The number of anilines is 1. The predicted octanol–water partition coefficient (Wildman–Crippen LogP) is 6.92. The first-order chi connectivity index (χ1) is 22.4. The summed E-state index contributed by atoms with van der Waals surface area (Å²) in [4.78, 5) is 29.9. The number of rotatable bonds is 14. The fourth-order valence-electron chi connectivity index (χ4n) is 4.92. The van der Waals surface area contributed by atoms with Crippen molar-refractivity contribution in [3.8, 4) is 5.75 Å². The zero-order valence-corrected chi connectivity index (χ0v) is 29.1. The number of sulfonamides is 1. The van der Waals surface area contributed by atoms with Crippen LogP contribution in [0.3, 0.4) is 0 Å². The minimum Gasteiger partial charge on any atom is -0.497 e. The Bertz CT molecular complexity index is 1770. The molecule has 1 atom stereocenters. The van der Waals surface area contributed by atoms with Crippen molar-refractivity contribution in [1.82, 2.24) is 10.2 Å². The third-order valence-corrected chi connectivity index (χ3v) is 9.93. The van der Waals surface area contributed by atoms with E-state index in [1.54, 1.807) is 54.6 Å². The van der Waals surface area contributed by atoms with Crippen LogP contribution in [-0.2, 0) is 32.6 Å². The van der Waals surface area contributed by atoms with Gasteiger partial charge in [0.2, 0.25) is 11.8 Å². The second kappa shape index (κ2) is 16.2. The van der Waals surface area contributed by atoms with E-state index in [1.165, 1.54) is 24.1 Å². The van der Waals surface area contributed by atoms with Gasteiger partial charge in [0.15, 0.2) is 0 Å². The molecule has 0 bridgehead atoms. The first-order valence-electron chi connectivity index (χ1n) is 15.2. The van der Waals surface area contributed by atoms with Gasteiger partial charge in [-0.15, -0.1) is 0 Å². The number of aryl methyl sites for hydroxylation is 1. The molecule has 11 heteroatoms. The number of methoxy groups -OCH3 is 1. The van der Waals surface area contributed by atoms with Gasteiger partial charge in [-0.05, 0) is 72.5 Å². The molecule has 0 aliphatic heterocycles. The lowest BCUT2D eigenvalue weighted by molar-refractivity contribution is -0.140. The van der Waals surface area contributed by atoms with Crippen LogP contribution in [0.4, 0.5) is 5.69 Å². The maximum atomic E-state index is 14.6.